The van der Waals surface area contributed by atoms with Crippen LogP contribution in [0, 0.1) is 5.82 Å². The van der Waals surface area contributed by atoms with Crippen molar-refractivity contribution in [1.82, 2.24) is 29.5 Å². The lowest BCUT2D eigenvalue weighted by Gasteiger charge is -2.34. The van der Waals surface area contributed by atoms with Gasteiger partial charge in [-0.2, -0.15) is 0 Å². The van der Waals surface area contributed by atoms with Crippen molar-refractivity contribution in [2.24, 2.45) is 0 Å². The molecule has 4 heterocycles. The number of benzene rings is 2. The van der Waals surface area contributed by atoms with Gasteiger partial charge in [0.2, 0.25) is 10.1 Å². The van der Waals surface area contributed by atoms with Gasteiger partial charge in [0.05, 0.1) is 22.8 Å². The Morgan fingerprint density at radius 2 is 1.76 bits per heavy atom. The molecule has 5 aromatic rings. The summed E-state index contributed by atoms with van der Waals surface area (Å²) in [6.45, 7) is 2.17. The first kappa shape index (κ1) is 20.5. The van der Waals surface area contributed by atoms with E-state index in [1.165, 1.54) is 23.5 Å². The van der Waals surface area contributed by atoms with Crippen LogP contribution in [0.2, 0.25) is 0 Å². The van der Waals surface area contributed by atoms with Gasteiger partial charge in [0, 0.05) is 31.7 Å². The second-order valence-corrected chi connectivity index (χ2v) is 8.89. The third-order valence-corrected chi connectivity index (χ3v) is 6.81. The van der Waals surface area contributed by atoms with E-state index in [0.29, 0.717) is 37.1 Å². The van der Waals surface area contributed by atoms with Crippen molar-refractivity contribution in [2.45, 2.75) is 0 Å². The van der Waals surface area contributed by atoms with Gasteiger partial charge in [-0.25, -0.2) is 18.9 Å². The second-order valence-electron chi connectivity index (χ2n) is 7.96. The number of amides is 1. The molecule has 9 nitrogen and oxygen atoms in total. The van der Waals surface area contributed by atoms with E-state index in [4.69, 9.17) is 0 Å². The maximum Gasteiger partial charge on any atom is 0.289 e. The number of nitrogens with one attached hydrogen (secondary N) is 1. The highest BCUT2D eigenvalue weighted by Gasteiger charge is 2.26. The minimum absolute atomic E-state index is 0.0539. The molecule has 1 fully saturated rings. The predicted octanol–water partition coefficient (Wildman–Crippen LogP) is 2.80. The van der Waals surface area contributed by atoms with Crippen LogP contribution in [0.4, 0.5) is 9.52 Å². The van der Waals surface area contributed by atoms with Gasteiger partial charge in [-0.3, -0.25) is 9.59 Å². The van der Waals surface area contributed by atoms with Crippen molar-refractivity contribution < 1.29 is 9.18 Å². The number of para-hydroxylation sites is 1. The lowest BCUT2D eigenvalue weighted by molar-refractivity contribution is 0.0734. The minimum atomic E-state index is -0.321. The molecular weight excluding hydrogens is 457 g/mol. The number of fused-ring (bicyclic) bond motifs is 2. The molecule has 1 aliphatic rings. The SMILES string of the molecule is O=C(c1nc2ccccc2c(=O)[nH]1)N1CCN(c2nn3cc(-c4ccc(F)cc4)nc3s2)CC1. The molecule has 11 heteroatoms. The van der Waals surface area contributed by atoms with E-state index >= 15 is 0 Å². The molecule has 6 rings (SSSR count). The highest BCUT2D eigenvalue weighted by Crippen LogP contribution is 2.27. The monoisotopic (exact) mass is 475 g/mol. The Morgan fingerprint density at radius 3 is 2.53 bits per heavy atom. The van der Waals surface area contributed by atoms with Crippen LogP contribution in [0.25, 0.3) is 27.1 Å². The van der Waals surface area contributed by atoms with Crippen LogP contribution in [0.1, 0.15) is 10.6 Å². The Bertz CT molecular complexity index is 1550. The number of carbonyl (C=O) groups excluding carboxylic acids is 1. The Labute approximate surface area is 196 Å². The molecule has 34 heavy (non-hydrogen) atoms. The number of anilines is 1. The summed E-state index contributed by atoms with van der Waals surface area (Å²) in [6.07, 6.45) is 1.82. The van der Waals surface area contributed by atoms with Crippen LogP contribution in [-0.2, 0) is 0 Å². The number of hydrogen-bond acceptors (Lipinski definition) is 7. The maximum absolute atomic E-state index is 13.2. The summed E-state index contributed by atoms with van der Waals surface area (Å²) in [7, 11) is 0. The fourth-order valence-corrected chi connectivity index (χ4v) is 4.95. The minimum Gasteiger partial charge on any atom is -0.343 e. The van der Waals surface area contributed by atoms with Crippen LogP contribution in [0.3, 0.4) is 0 Å². The first-order valence-electron chi connectivity index (χ1n) is 10.7. The van der Waals surface area contributed by atoms with Gasteiger partial charge < -0.3 is 14.8 Å². The Balaban J connectivity index is 1.16. The van der Waals surface area contributed by atoms with Gasteiger partial charge >= 0.3 is 0 Å². The molecule has 0 unspecified atom stereocenters. The number of nitrogens with zero attached hydrogens (tertiary/aromatic N) is 6. The number of H-pyrrole nitrogens is 1. The normalized spacial score (nSPS) is 14.3. The van der Waals surface area contributed by atoms with E-state index in [9.17, 15) is 14.0 Å². The number of rotatable bonds is 3. The van der Waals surface area contributed by atoms with E-state index in [2.05, 4.69) is 25.0 Å². The van der Waals surface area contributed by atoms with Crippen molar-refractivity contribution in [3.05, 3.63) is 76.7 Å². The van der Waals surface area contributed by atoms with Crippen molar-refractivity contribution in [3.63, 3.8) is 0 Å². The summed E-state index contributed by atoms with van der Waals surface area (Å²) in [5, 5.41) is 5.91. The molecule has 0 radical (unpaired) electrons. The van der Waals surface area contributed by atoms with Crippen LogP contribution in [0.15, 0.2) is 59.5 Å². The number of piperazine rings is 1. The standard InChI is InChI=1S/C23H18FN7O2S/c24-15-7-5-14(6-8-15)18-13-31-22(26-18)34-23(28-31)30-11-9-29(10-12-30)21(33)19-25-17-4-2-1-3-16(17)20(32)27-19/h1-8,13H,9-12H2,(H,25,27,32). The molecule has 1 saturated heterocycles. The molecule has 0 bridgehead atoms. The lowest BCUT2D eigenvalue weighted by atomic mass is 10.2. The average molecular weight is 476 g/mol. The number of aromatic amines is 1. The zero-order valence-electron chi connectivity index (χ0n) is 17.8. The third kappa shape index (κ3) is 3.59. The fourth-order valence-electron chi connectivity index (χ4n) is 4.02. The molecule has 1 N–H and O–H groups in total. The topological polar surface area (TPSA) is 99.5 Å². The van der Waals surface area contributed by atoms with Crippen molar-refractivity contribution in [2.75, 3.05) is 31.1 Å². The van der Waals surface area contributed by atoms with Crippen molar-refractivity contribution in [1.29, 1.82) is 0 Å². The summed E-state index contributed by atoms with van der Waals surface area (Å²) < 4.78 is 14.9. The molecule has 1 aliphatic heterocycles. The number of halogens is 1. The van der Waals surface area contributed by atoms with Gasteiger partial charge in [-0.1, -0.05) is 23.5 Å². The first-order valence-corrected chi connectivity index (χ1v) is 11.5. The van der Waals surface area contributed by atoms with Gasteiger partial charge in [-0.15, -0.1) is 5.10 Å². The van der Waals surface area contributed by atoms with E-state index in [0.717, 1.165) is 21.3 Å². The molecule has 0 spiro atoms. The Hall–Kier alpha value is -4.12. The molecule has 0 saturated carbocycles. The van der Waals surface area contributed by atoms with Gasteiger partial charge in [0.25, 0.3) is 11.5 Å². The largest absolute Gasteiger partial charge is 0.343 e. The quantitative estimate of drug-likeness (QED) is 0.431. The fraction of sp³-hybridized carbons (Fsp3) is 0.174. The van der Waals surface area contributed by atoms with E-state index < -0.39 is 0 Å². The molecule has 0 aliphatic carbocycles. The highest BCUT2D eigenvalue weighted by molar-refractivity contribution is 7.20. The van der Waals surface area contributed by atoms with E-state index in [-0.39, 0.29) is 23.1 Å². The molecular formula is C23H18FN7O2S. The van der Waals surface area contributed by atoms with Gasteiger partial charge in [0.1, 0.15) is 5.82 Å². The smallest absolute Gasteiger partial charge is 0.289 e. The summed E-state index contributed by atoms with van der Waals surface area (Å²) in [5.74, 6) is -0.524. The molecule has 1 amide bonds. The summed E-state index contributed by atoms with van der Waals surface area (Å²) in [5.41, 5.74) is 1.74. The van der Waals surface area contributed by atoms with Gasteiger partial charge in [-0.05, 0) is 36.4 Å². The average Bonchev–Trinajstić information content (AvgIpc) is 3.44. The number of carbonyl (C=O) groups is 1. The molecule has 0 atom stereocenters. The first-order chi connectivity index (χ1) is 16.5. The maximum atomic E-state index is 13.2. The molecule has 170 valence electrons. The van der Waals surface area contributed by atoms with E-state index in [1.54, 1.807) is 45.8 Å². The zero-order chi connectivity index (χ0) is 23.2. The van der Waals surface area contributed by atoms with Crippen LogP contribution in [0.5, 0.6) is 0 Å². The molecule has 2 aromatic carbocycles. The third-order valence-electron chi connectivity index (χ3n) is 5.83. The van der Waals surface area contributed by atoms with Crippen LogP contribution >= 0.6 is 11.3 Å². The van der Waals surface area contributed by atoms with Crippen LogP contribution in [-0.4, -0.2) is 61.6 Å². The van der Waals surface area contributed by atoms with Crippen LogP contribution < -0.4 is 10.5 Å². The van der Waals surface area contributed by atoms with Crippen molar-refractivity contribution in [3.8, 4) is 11.3 Å². The number of aromatic nitrogens is 5. The highest BCUT2D eigenvalue weighted by atomic mass is 32.1. The number of hydrogen-bond donors (Lipinski definition) is 1. The Morgan fingerprint density at radius 1 is 1.00 bits per heavy atom. The van der Waals surface area contributed by atoms with Crippen molar-refractivity contribution >= 4 is 38.2 Å². The van der Waals surface area contributed by atoms with E-state index in [1.807, 2.05) is 6.20 Å². The predicted molar refractivity (Wildman–Crippen MR) is 127 cm³/mol. The molecule has 3 aromatic heterocycles. The lowest BCUT2D eigenvalue weighted by Crippen LogP contribution is -2.49. The summed E-state index contributed by atoms with van der Waals surface area (Å²) >= 11 is 1.46. The second kappa shape index (κ2) is 8.03. The van der Waals surface area contributed by atoms with Gasteiger partial charge in [0.15, 0.2) is 5.82 Å². The Kier molecular flexibility index (Phi) is 4.84. The summed E-state index contributed by atoms with van der Waals surface area (Å²) in [4.78, 5) is 41.4. The zero-order valence-corrected chi connectivity index (χ0v) is 18.6. The summed E-state index contributed by atoms with van der Waals surface area (Å²) in [6, 6.07) is 13.2. The number of imidazole rings is 1.